The summed E-state index contributed by atoms with van der Waals surface area (Å²) in [5.74, 6) is -2.21. The van der Waals surface area contributed by atoms with Gasteiger partial charge in [0, 0.05) is 11.6 Å². The Bertz CT molecular complexity index is 1040. The maximum absolute atomic E-state index is 12.8. The fourth-order valence-electron chi connectivity index (χ4n) is 3.87. The van der Waals surface area contributed by atoms with Crippen LogP contribution >= 0.6 is 0 Å². The molecule has 146 valence electrons. The van der Waals surface area contributed by atoms with Gasteiger partial charge in [0.25, 0.3) is 5.56 Å². The molecule has 9 heteroatoms. The van der Waals surface area contributed by atoms with E-state index in [4.69, 9.17) is 0 Å². The molecule has 0 saturated carbocycles. The maximum Gasteiger partial charge on any atom is 0.307 e. The Labute approximate surface area is 160 Å². The average molecular weight is 383 g/mol. The van der Waals surface area contributed by atoms with Gasteiger partial charge in [-0.1, -0.05) is 12.2 Å². The fourth-order valence-corrected chi connectivity index (χ4v) is 3.87. The molecule has 0 radical (unpaired) electrons. The first kappa shape index (κ1) is 18.1. The highest BCUT2D eigenvalue weighted by Gasteiger charge is 2.34. The quantitative estimate of drug-likeness (QED) is 0.684. The average Bonchev–Trinajstić information content (AvgIpc) is 3.28. The maximum atomic E-state index is 12.8. The van der Waals surface area contributed by atoms with Gasteiger partial charge in [-0.15, -0.1) is 0 Å². The highest BCUT2D eigenvalue weighted by atomic mass is 16.4. The van der Waals surface area contributed by atoms with Crippen molar-refractivity contribution < 1.29 is 14.7 Å². The summed E-state index contributed by atoms with van der Waals surface area (Å²) in [6, 6.07) is 1.67. The molecule has 0 aliphatic heterocycles. The lowest BCUT2D eigenvalue weighted by atomic mass is 9.82. The van der Waals surface area contributed by atoms with E-state index in [-0.39, 0.29) is 17.4 Å². The van der Waals surface area contributed by atoms with Gasteiger partial charge >= 0.3 is 5.97 Å². The topological polar surface area (TPSA) is 130 Å². The van der Waals surface area contributed by atoms with Crippen molar-refractivity contribution in [2.24, 2.45) is 11.8 Å². The van der Waals surface area contributed by atoms with Crippen LogP contribution in [0.25, 0.3) is 5.95 Å². The van der Waals surface area contributed by atoms with Crippen molar-refractivity contribution in [2.75, 3.05) is 5.32 Å². The van der Waals surface area contributed by atoms with Crippen molar-refractivity contribution in [2.45, 2.75) is 39.0 Å². The highest BCUT2D eigenvalue weighted by molar-refractivity contribution is 5.95. The Hall–Kier alpha value is -3.23. The minimum Gasteiger partial charge on any atom is -0.481 e. The molecule has 1 amide bonds. The molecule has 0 bridgehead atoms. The number of carboxylic acid groups (broad SMARTS) is 1. The third kappa shape index (κ3) is 3.23. The van der Waals surface area contributed by atoms with Crippen LogP contribution in [0.15, 0.2) is 23.0 Å². The predicted molar refractivity (Wildman–Crippen MR) is 100 cm³/mol. The zero-order chi connectivity index (χ0) is 19.8. The van der Waals surface area contributed by atoms with Gasteiger partial charge in [0.05, 0.1) is 23.2 Å². The van der Waals surface area contributed by atoms with Crippen LogP contribution in [-0.2, 0) is 22.4 Å². The number of aromatic amines is 1. The number of hydrogen-bond donors (Lipinski definition) is 3. The van der Waals surface area contributed by atoms with Gasteiger partial charge in [0.1, 0.15) is 5.82 Å². The SMILES string of the molecule is Cc1cc(NC(=O)[C@H]2CC=CC[C@@H]2C(=O)O)n(-c2nc3c(c(=O)[nH]2)CCC3)n1. The number of allylic oxidation sites excluding steroid dienone is 2. The van der Waals surface area contributed by atoms with E-state index >= 15 is 0 Å². The number of aliphatic carboxylic acids is 1. The lowest BCUT2D eigenvalue weighted by molar-refractivity contribution is -0.146. The molecule has 2 atom stereocenters. The number of anilines is 1. The number of aromatic nitrogens is 4. The molecule has 9 nitrogen and oxygen atoms in total. The van der Waals surface area contributed by atoms with Gasteiger partial charge < -0.3 is 10.4 Å². The summed E-state index contributed by atoms with van der Waals surface area (Å²) in [6.45, 7) is 1.76. The molecule has 2 heterocycles. The van der Waals surface area contributed by atoms with Crippen molar-refractivity contribution in [3.8, 4) is 5.95 Å². The number of amides is 1. The molecular weight excluding hydrogens is 362 g/mol. The van der Waals surface area contributed by atoms with E-state index in [0.29, 0.717) is 36.3 Å². The Morgan fingerprint density at radius 3 is 2.75 bits per heavy atom. The lowest BCUT2D eigenvalue weighted by Crippen LogP contribution is -2.35. The molecule has 0 unspecified atom stereocenters. The zero-order valence-electron chi connectivity index (χ0n) is 15.4. The lowest BCUT2D eigenvalue weighted by Gasteiger charge is -2.24. The van der Waals surface area contributed by atoms with Crippen molar-refractivity contribution in [1.82, 2.24) is 19.7 Å². The fraction of sp³-hybridized carbons (Fsp3) is 0.421. The van der Waals surface area contributed by atoms with Crippen LogP contribution in [-0.4, -0.2) is 36.7 Å². The smallest absolute Gasteiger partial charge is 0.307 e. The summed E-state index contributed by atoms with van der Waals surface area (Å²) < 4.78 is 1.39. The number of nitrogens with zero attached hydrogens (tertiary/aromatic N) is 3. The predicted octanol–water partition coefficient (Wildman–Crippen LogP) is 1.36. The molecule has 2 aliphatic carbocycles. The summed E-state index contributed by atoms with van der Waals surface area (Å²) in [5, 5.41) is 16.5. The van der Waals surface area contributed by atoms with E-state index in [1.807, 2.05) is 6.08 Å². The van der Waals surface area contributed by atoms with Gasteiger partial charge in [0.15, 0.2) is 0 Å². The number of carboxylic acids is 1. The second kappa shape index (κ2) is 7.06. The van der Waals surface area contributed by atoms with Crippen LogP contribution in [0.1, 0.15) is 36.2 Å². The number of nitrogens with one attached hydrogen (secondary N) is 2. The van der Waals surface area contributed by atoms with Crippen LogP contribution in [0.3, 0.4) is 0 Å². The third-order valence-electron chi connectivity index (χ3n) is 5.30. The first-order valence-corrected chi connectivity index (χ1v) is 9.32. The number of H-pyrrole nitrogens is 1. The summed E-state index contributed by atoms with van der Waals surface area (Å²) in [5.41, 5.74) is 1.91. The Morgan fingerprint density at radius 2 is 2.00 bits per heavy atom. The van der Waals surface area contributed by atoms with E-state index in [2.05, 4.69) is 20.4 Å². The van der Waals surface area contributed by atoms with Gasteiger partial charge in [-0.2, -0.15) is 9.78 Å². The van der Waals surface area contributed by atoms with Gasteiger partial charge in [-0.25, -0.2) is 4.98 Å². The molecule has 3 N–H and O–H groups in total. The molecule has 0 aromatic carbocycles. The number of aryl methyl sites for hydroxylation is 2. The molecular formula is C19H21N5O4. The minimum absolute atomic E-state index is 0.189. The zero-order valence-corrected chi connectivity index (χ0v) is 15.4. The van der Waals surface area contributed by atoms with Crippen molar-refractivity contribution >= 4 is 17.7 Å². The minimum atomic E-state index is -0.987. The third-order valence-corrected chi connectivity index (χ3v) is 5.30. The summed E-state index contributed by atoms with van der Waals surface area (Å²) in [4.78, 5) is 43.8. The second-order valence-corrected chi connectivity index (χ2v) is 7.23. The van der Waals surface area contributed by atoms with E-state index < -0.39 is 17.8 Å². The van der Waals surface area contributed by atoms with Crippen LogP contribution in [0.5, 0.6) is 0 Å². The normalized spacial score (nSPS) is 20.8. The Morgan fingerprint density at radius 1 is 1.25 bits per heavy atom. The standard InChI is InChI=1S/C19H21N5O4/c1-10-9-15(21-16(25)11-5-2-3-6-12(11)18(27)28)24(23-10)19-20-14-8-4-7-13(14)17(26)22-19/h2-3,9,11-12H,4-8H2,1H3,(H,21,25)(H,27,28)(H,20,22,26)/t11-,12-/m0/s1. The van der Waals surface area contributed by atoms with Gasteiger partial charge in [0.2, 0.25) is 11.9 Å². The van der Waals surface area contributed by atoms with Crippen LogP contribution in [0.2, 0.25) is 0 Å². The molecule has 4 rings (SSSR count). The molecule has 28 heavy (non-hydrogen) atoms. The van der Waals surface area contributed by atoms with Crippen LogP contribution < -0.4 is 10.9 Å². The summed E-state index contributed by atoms with van der Waals surface area (Å²) in [7, 11) is 0. The summed E-state index contributed by atoms with van der Waals surface area (Å²) >= 11 is 0. The van der Waals surface area contributed by atoms with E-state index in [9.17, 15) is 19.5 Å². The van der Waals surface area contributed by atoms with Crippen molar-refractivity contribution in [1.29, 1.82) is 0 Å². The first-order chi connectivity index (χ1) is 13.4. The first-order valence-electron chi connectivity index (χ1n) is 9.32. The number of carbonyl (C=O) groups is 2. The highest BCUT2D eigenvalue weighted by Crippen LogP contribution is 2.28. The number of fused-ring (bicyclic) bond motifs is 1. The molecule has 2 aromatic rings. The van der Waals surface area contributed by atoms with E-state index in [1.165, 1.54) is 4.68 Å². The van der Waals surface area contributed by atoms with Crippen LogP contribution in [0, 0.1) is 18.8 Å². The second-order valence-electron chi connectivity index (χ2n) is 7.23. The molecule has 0 saturated heterocycles. The van der Waals surface area contributed by atoms with Crippen molar-refractivity contribution in [3.63, 3.8) is 0 Å². The monoisotopic (exact) mass is 383 g/mol. The largest absolute Gasteiger partial charge is 0.481 e. The Balaban J connectivity index is 1.65. The number of carbonyl (C=O) groups excluding carboxylic acids is 1. The molecule has 0 fully saturated rings. The van der Waals surface area contributed by atoms with E-state index in [0.717, 1.165) is 18.5 Å². The molecule has 2 aliphatic rings. The number of rotatable bonds is 4. The van der Waals surface area contributed by atoms with Gasteiger partial charge in [-0.05, 0) is 39.0 Å². The molecule has 0 spiro atoms. The van der Waals surface area contributed by atoms with Gasteiger partial charge in [-0.3, -0.25) is 19.4 Å². The number of hydrogen-bond acceptors (Lipinski definition) is 5. The molecule has 2 aromatic heterocycles. The van der Waals surface area contributed by atoms with Crippen molar-refractivity contribution in [3.05, 3.63) is 45.5 Å². The van der Waals surface area contributed by atoms with E-state index in [1.54, 1.807) is 19.1 Å². The summed E-state index contributed by atoms with van der Waals surface area (Å²) in [6.07, 6.45) is 6.65. The Kier molecular flexibility index (Phi) is 4.58. The van der Waals surface area contributed by atoms with Crippen LogP contribution in [0.4, 0.5) is 5.82 Å².